The van der Waals surface area contributed by atoms with Gasteiger partial charge in [0.05, 0.1) is 0 Å². The number of halogens is 1. The van der Waals surface area contributed by atoms with Gasteiger partial charge in [0, 0.05) is 12.5 Å². The Morgan fingerprint density at radius 3 is 2.16 bits per heavy atom. The summed E-state index contributed by atoms with van der Waals surface area (Å²) in [6.45, 7) is 2.25. The molecule has 1 N–H and O–H groups in total. The van der Waals surface area contributed by atoms with Crippen LogP contribution >= 0.6 is 12.4 Å². The zero-order valence-electron chi connectivity index (χ0n) is 11.0. The van der Waals surface area contributed by atoms with Gasteiger partial charge in [-0.2, -0.15) is 0 Å². The van der Waals surface area contributed by atoms with E-state index in [1.54, 1.807) is 0 Å². The van der Waals surface area contributed by atoms with E-state index < -0.39 is 0 Å². The largest absolute Gasteiger partial charge is 0.316 e. The topological polar surface area (TPSA) is 12.0 Å². The van der Waals surface area contributed by atoms with E-state index >= 15 is 0 Å². The van der Waals surface area contributed by atoms with Gasteiger partial charge < -0.3 is 5.32 Å². The third-order valence-electron chi connectivity index (χ3n) is 3.91. The van der Waals surface area contributed by atoms with E-state index in [2.05, 4.69) is 66.0 Å². The second-order valence-electron chi connectivity index (χ2n) is 5.13. The van der Waals surface area contributed by atoms with Gasteiger partial charge in [0.25, 0.3) is 0 Å². The number of benzene rings is 2. The first-order valence-electron chi connectivity index (χ1n) is 6.73. The van der Waals surface area contributed by atoms with Crippen LogP contribution in [0.3, 0.4) is 0 Å². The molecule has 2 unspecified atom stereocenters. The van der Waals surface area contributed by atoms with Gasteiger partial charge in [-0.05, 0) is 30.0 Å². The monoisotopic (exact) mass is 273 g/mol. The molecular formula is C17H20ClN. The molecule has 2 aromatic carbocycles. The Morgan fingerprint density at radius 2 is 1.47 bits per heavy atom. The van der Waals surface area contributed by atoms with Gasteiger partial charge in [-0.3, -0.25) is 0 Å². The fraction of sp³-hybridized carbons (Fsp3) is 0.294. The Kier molecular flexibility index (Phi) is 5.00. The van der Waals surface area contributed by atoms with E-state index in [1.807, 2.05) is 0 Å². The zero-order valence-corrected chi connectivity index (χ0v) is 11.8. The maximum atomic E-state index is 3.54. The van der Waals surface area contributed by atoms with Gasteiger partial charge in [0.2, 0.25) is 0 Å². The van der Waals surface area contributed by atoms with E-state index in [9.17, 15) is 0 Å². The molecular weight excluding hydrogens is 254 g/mol. The number of rotatable bonds is 3. The number of hydrogen-bond acceptors (Lipinski definition) is 1. The van der Waals surface area contributed by atoms with Crippen molar-refractivity contribution in [2.24, 2.45) is 5.92 Å². The van der Waals surface area contributed by atoms with Crippen molar-refractivity contribution in [1.29, 1.82) is 0 Å². The maximum Gasteiger partial charge on any atom is 0.00235 e. The van der Waals surface area contributed by atoms with Crippen molar-refractivity contribution in [2.75, 3.05) is 13.1 Å². The molecule has 0 aliphatic carbocycles. The highest BCUT2D eigenvalue weighted by atomic mass is 35.5. The minimum absolute atomic E-state index is 0. The van der Waals surface area contributed by atoms with Crippen LogP contribution in [0.2, 0.25) is 0 Å². The van der Waals surface area contributed by atoms with Gasteiger partial charge in [0.15, 0.2) is 0 Å². The van der Waals surface area contributed by atoms with Crippen LogP contribution in [-0.4, -0.2) is 13.1 Å². The molecule has 0 spiro atoms. The molecule has 3 rings (SSSR count). The molecule has 0 bridgehead atoms. The van der Waals surface area contributed by atoms with Gasteiger partial charge in [-0.25, -0.2) is 0 Å². The lowest BCUT2D eigenvalue weighted by atomic mass is 9.85. The molecule has 19 heavy (non-hydrogen) atoms. The summed E-state index contributed by atoms with van der Waals surface area (Å²) in [5, 5.41) is 3.54. The highest BCUT2D eigenvalue weighted by molar-refractivity contribution is 5.85. The first kappa shape index (κ1) is 14.1. The number of nitrogens with one attached hydrogen (secondary N) is 1. The molecule has 1 fully saturated rings. The van der Waals surface area contributed by atoms with Crippen molar-refractivity contribution in [2.45, 2.75) is 12.3 Å². The third kappa shape index (κ3) is 3.37. The van der Waals surface area contributed by atoms with Crippen LogP contribution in [0.4, 0.5) is 0 Å². The second-order valence-corrected chi connectivity index (χ2v) is 5.13. The standard InChI is InChI=1S/C17H19N.ClH/c1-3-7-14(8-4-1)11-16-12-18-13-17(16)15-9-5-2-6-10-15;/h1-10,16-18H,11-13H2;1H. The molecule has 1 heterocycles. The molecule has 2 aromatic rings. The van der Waals surface area contributed by atoms with Crippen molar-refractivity contribution in [3.8, 4) is 0 Å². The second kappa shape index (κ2) is 6.74. The Bertz CT molecular complexity index is 483. The molecule has 1 aliphatic rings. The van der Waals surface area contributed by atoms with Crippen LogP contribution in [0.5, 0.6) is 0 Å². The maximum absolute atomic E-state index is 3.54. The Hall–Kier alpha value is -1.31. The lowest BCUT2D eigenvalue weighted by Crippen LogP contribution is -2.13. The van der Waals surface area contributed by atoms with Crippen LogP contribution < -0.4 is 5.32 Å². The molecule has 2 heteroatoms. The van der Waals surface area contributed by atoms with E-state index in [0.717, 1.165) is 19.0 Å². The summed E-state index contributed by atoms with van der Waals surface area (Å²) in [4.78, 5) is 0. The molecule has 2 atom stereocenters. The minimum Gasteiger partial charge on any atom is -0.316 e. The van der Waals surface area contributed by atoms with Crippen LogP contribution in [0, 0.1) is 5.92 Å². The minimum atomic E-state index is 0. The average molecular weight is 274 g/mol. The van der Waals surface area contributed by atoms with Crippen LogP contribution in [0.15, 0.2) is 60.7 Å². The van der Waals surface area contributed by atoms with E-state index in [1.165, 1.54) is 17.5 Å². The van der Waals surface area contributed by atoms with Gasteiger partial charge in [0.1, 0.15) is 0 Å². The van der Waals surface area contributed by atoms with Crippen molar-refractivity contribution < 1.29 is 0 Å². The van der Waals surface area contributed by atoms with Gasteiger partial charge in [-0.15, -0.1) is 12.4 Å². The van der Waals surface area contributed by atoms with Crippen molar-refractivity contribution in [3.05, 3.63) is 71.8 Å². The van der Waals surface area contributed by atoms with E-state index in [-0.39, 0.29) is 12.4 Å². The molecule has 1 saturated heterocycles. The number of hydrogen-bond donors (Lipinski definition) is 1. The van der Waals surface area contributed by atoms with Gasteiger partial charge >= 0.3 is 0 Å². The first-order valence-corrected chi connectivity index (χ1v) is 6.73. The molecule has 100 valence electrons. The van der Waals surface area contributed by atoms with Crippen LogP contribution in [0.25, 0.3) is 0 Å². The SMILES string of the molecule is Cl.c1ccc(CC2CNCC2c2ccccc2)cc1. The Labute approximate surface area is 121 Å². The molecule has 0 saturated carbocycles. The molecule has 0 aromatic heterocycles. The average Bonchev–Trinajstić information content (AvgIpc) is 2.89. The van der Waals surface area contributed by atoms with Crippen LogP contribution in [-0.2, 0) is 6.42 Å². The van der Waals surface area contributed by atoms with Crippen molar-refractivity contribution in [1.82, 2.24) is 5.32 Å². The summed E-state index contributed by atoms with van der Waals surface area (Å²) < 4.78 is 0. The Morgan fingerprint density at radius 1 is 0.842 bits per heavy atom. The smallest absolute Gasteiger partial charge is 0.00235 e. The van der Waals surface area contributed by atoms with Crippen LogP contribution in [0.1, 0.15) is 17.0 Å². The highest BCUT2D eigenvalue weighted by Gasteiger charge is 2.28. The van der Waals surface area contributed by atoms with Crippen molar-refractivity contribution >= 4 is 12.4 Å². The molecule has 0 amide bonds. The third-order valence-corrected chi connectivity index (χ3v) is 3.91. The summed E-state index contributed by atoms with van der Waals surface area (Å²) in [6.07, 6.45) is 1.17. The Balaban J connectivity index is 0.00000133. The first-order chi connectivity index (χ1) is 8.93. The fourth-order valence-corrected chi connectivity index (χ4v) is 2.95. The predicted octanol–water partition coefficient (Wildman–Crippen LogP) is 3.65. The highest BCUT2D eigenvalue weighted by Crippen LogP contribution is 2.30. The predicted molar refractivity (Wildman–Crippen MR) is 82.9 cm³/mol. The zero-order chi connectivity index (χ0) is 12.2. The molecule has 0 radical (unpaired) electrons. The normalized spacial score (nSPS) is 21.9. The van der Waals surface area contributed by atoms with E-state index in [0.29, 0.717) is 5.92 Å². The molecule has 1 nitrogen and oxygen atoms in total. The summed E-state index contributed by atoms with van der Waals surface area (Å²) in [5.41, 5.74) is 2.93. The lowest BCUT2D eigenvalue weighted by Gasteiger charge is -2.19. The quantitative estimate of drug-likeness (QED) is 0.900. The van der Waals surface area contributed by atoms with E-state index in [4.69, 9.17) is 0 Å². The summed E-state index contributed by atoms with van der Waals surface area (Å²) in [6, 6.07) is 21.7. The summed E-state index contributed by atoms with van der Waals surface area (Å²) in [7, 11) is 0. The van der Waals surface area contributed by atoms with Crippen molar-refractivity contribution in [3.63, 3.8) is 0 Å². The lowest BCUT2D eigenvalue weighted by molar-refractivity contribution is 0.516. The summed E-state index contributed by atoms with van der Waals surface area (Å²) >= 11 is 0. The molecule has 1 aliphatic heterocycles. The van der Waals surface area contributed by atoms with Gasteiger partial charge in [-0.1, -0.05) is 60.7 Å². The fourth-order valence-electron chi connectivity index (χ4n) is 2.95. The summed E-state index contributed by atoms with van der Waals surface area (Å²) in [5.74, 6) is 1.38.